The number of benzene rings is 1. The molecule has 3 aliphatic rings. The van der Waals surface area contributed by atoms with E-state index in [1.807, 2.05) is 0 Å². The first kappa shape index (κ1) is 15.7. The first-order valence-electron chi connectivity index (χ1n) is 9.28. The number of rotatable bonds is 4. The Morgan fingerprint density at radius 1 is 1.00 bits per heavy atom. The summed E-state index contributed by atoms with van der Waals surface area (Å²) in [6, 6.07) is 9.09. The molecule has 4 rings (SSSR count). The topological polar surface area (TPSA) is 57.6 Å². The van der Waals surface area contributed by atoms with Crippen LogP contribution in [0.2, 0.25) is 0 Å². The highest BCUT2D eigenvalue weighted by molar-refractivity contribution is 5.82. The van der Waals surface area contributed by atoms with Crippen molar-refractivity contribution in [3.05, 3.63) is 35.4 Å². The second kappa shape index (κ2) is 6.23. The minimum absolute atomic E-state index is 0.0965. The molecule has 0 spiro atoms. The maximum atomic E-state index is 13.2. The van der Waals surface area contributed by atoms with Crippen molar-refractivity contribution >= 4 is 11.9 Å². The van der Waals surface area contributed by atoms with Crippen LogP contribution in [0.15, 0.2) is 24.3 Å². The number of hydrogen-bond acceptors (Lipinski definition) is 2. The molecular weight excluding hydrogens is 302 g/mol. The van der Waals surface area contributed by atoms with Crippen molar-refractivity contribution in [1.82, 2.24) is 4.90 Å². The van der Waals surface area contributed by atoms with E-state index in [4.69, 9.17) is 0 Å². The van der Waals surface area contributed by atoms with E-state index >= 15 is 0 Å². The first-order chi connectivity index (χ1) is 11.6. The average Bonchev–Trinajstić information content (AvgIpc) is 3.29. The second-order valence-corrected chi connectivity index (χ2v) is 7.63. The molecule has 0 saturated heterocycles. The van der Waals surface area contributed by atoms with Crippen molar-refractivity contribution in [3.8, 4) is 0 Å². The first-order valence-corrected chi connectivity index (χ1v) is 9.28. The van der Waals surface area contributed by atoms with E-state index in [0.717, 1.165) is 38.5 Å². The zero-order valence-corrected chi connectivity index (χ0v) is 14.0. The molecule has 1 amide bonds. The second-order valence-electron chi connectivity index (χ2n) is 7.63. The Balaban J connectivity index is 1.58. The van der Waals surface area contributed by atoms with Crippen LogP contribution in [-0.4, -0.2) is 27.9 Å². The summed E-state index contributed by atoms with van der Waals surface area (Å²) in [5, 5.41) is 9.23. The van der Waals surface area contributed by atoms with E-state index in [0.29, 0.717) is 18.9 Å². The SMILES string of the molecule is O=C(O)[C@@H]1CC[C@H](C(=O)N(C2CC2)C2CCCc3ccccc32)C1. The van der Waals surface area contributed by atoms with Crippen LogP contribution in [0.25, 0.3) is 0 Å². The Hall–Kier alpha value is -1.84. The molecule has 0 aliphatic heterocycles. The Kier molecular flexibility index (Phi) is 4.07. The van der Waals surface area contributed by atoms with Gasteiger partial charge in [-0.05, 0) is 62.5 Å². The van der Waals surface area contributed by atoms with Gasteiger partial charge in [-0.25, -0.2) is 0 Å². The lowest BCUT2D eigenvalue weighted by Crippen LogP contribution is -2.41. The summed E-state index contributed by atoms with van der Waals surface area (Å²) >= 11 is 0. The normalized spacial score (nSPS) is 29.1. The fourth-order valence-electron chi connectivity index (χ4n) is 4.60. The van der Waals surface area contributed by atoms with Crippen LogP contribution in [0.5, 0.6) is 0 Å². The fourth-order valence-corrected chi connectivity index (χ4v) is 4.60. The lowest BCUT2D eigenvalue weighted by Gasteiger charge is -2.37. The van der Waals surface area contributed by atoms with E-state index < -0.39 is 5.97 Å². The van der Waals surface area contributed by atoms with E-state index in [9.17, 15) is 14.7 Å². The summed E-state index contributed by atoms with van der Waals surface area (Å²) in [5.41, 5.74) is 2.69. The zero-order valence-electron chi connectivity index (χ0n) is 14.0. The molecule has 0 radical (unpaired) electrons. The molecule has 4 nitrogen and oxygen atoms in total. The molecule has 128 valence electrons. The van der Waals surface area contributed by atoms with Gasteiger partial charge in [0.15, 0.2) is 0 Å². The van der Waals surface area contributed by atoms with Gasteiger partial charge in [-0.2, -0.15) is 0 Å². The van der Waals surface area contributed by atoms with Gasteiger partial charge in [0.05, 0.1) is 12.0 Å². The molecule has 2 fully saturated rings. The molecule has 0 aromatic heterocycles. The van der Waals surface area contributed by atoms with Crippen molar-refractivity contribution in [1.29, 1.82) is 0 Å². The molecule has 1 aromatic rings. The Labute approximate surface area is 142 Å². The van der Waals surface area contributed by atoms with Crippen LogP contribution in [0.3, 0.4) is 0 Å². The Bertz CT molecular complexity index is 652. The quantitative estimate of drug-likeness (QED) is 0.920. The van der Waals surface area contributed by atoms with Crippen LogP contribution in [0.4, 0.5) is 0 Å². The van der Waals surface area contributed by atoms with Crippen molar-refractivity contribution in [2.75, 3.05) is 0 Å². The largest absolute Gasteiger partial charge is 0.481 e. The van der Waals surface area contributed by atoms with Gasteiger partial charge in [-0.15, -0.1) is 0 Å². The smallest absolute Gasteiger partial charge is 0.306 e. The van der Waals surface area contributed by atoms with Gasteiger partial charge in [-0.3, -0.25) is 9.59 Å². The minimum atomic E-state index is -0.744. The van der Waals surface area contributed by atoms with Crippen LogP contribution in [0, 0.1) is 11.8 Å². The van der Waals surface area contributed by atoms with Crippen LogP contribution < -0.4 is 0 Å². The molecule has 0 bridgehead atoms. The molecule has 1 N–H and O–H groups in total. The van der Waals surface area contributed by atoms with Gasteiger partial charge in [0, 0.05) is 12.0 Å². The van der Waals surface area contributed by atoms with Crippen molar-refractivity contribution in [2.45, 2.75) is 63.5 Å². The number of carboxylic acids is 1. The van der Waals surface area contributed by atoms with Crippen LogP contribution in [0.1, 0.15) is 62.1 Å². The summed E-state index contributed by atoms with van der Waals surface area (Å²) in [7, 11) is 0. The zero-order chi connectivity index (χ0) is 16.7. The number of carboxylic acid groups (broad SMARTS) is 1. The van der Waals surface area contributed by atoms with Gasteiger partial charge in [-0.1, -0.05) is 24.3 Å². The van der Waals surface area contributed by atoms with Gasteiger partial charge >= 0.3 is 5.97 Å². The highest BCUT2D eigenvalue weighted by Crippen LogP contribution is 2.43. The monoisotopic (exact) mass is 327 g/mol. The molecule has 24 heavy (non-hydrogen) atoms. The maximum absolute atomic E-state index is 13.2. The van der Waals surface area contributed by atoms with Crippen LogP contribution in [-0.2, 0) is 16.0 Å². The van der Waals surface area contributed by atoms with Gasteiger partial charge in [0.2, 0.25) is 5.91 Å². The Morgan fingerprint density at radius 2 is 1.75 bits per heavy atom. The van der Waals surface area contributed by atoms with E-state index in [1.165, 1.54) is 11.1 Å². The summed E-state index contributed by atoms with van der Waals surface area (Å²) in [4.78, 5) is 26.6. The lowest BCUT2D eigenvalue weighted by atomic mass is 9.86. The number of carbonyl (C=O) groups is 2. The third kappa shape index (κ3) is 2.83. The molecule has 1 unspecified atom stereocenters. The highest BCUT2D eigenvalue weighted by Gasteiger charge is 2.44. The molecule has 2 saturated carbocycles. The number of aliphatic carboxylic acids is 1. The number of aryl methyl sites for hydroxylation is 1. The van der Waals surface area contributed by atoms with Gasteiger partial charge in [0.25, 0.3) is 0 Å². The van der Waals surface area contributed by atoms with Crippen molar-refractivity contribution < 1.29 is 14.7 Å². The third-order valence-corrected chi connectivity index (χ3v) is 6.00. The lowest BCUT2D eigenvalue weighted by molar-refractivity contribution is -0.142. The summed E-state index contributed by atoms with van der Waals surface area (Å²) < 4.78 is 0. The maximum Gasteiger partial charge on any atom is 0.306 e. The predicted molar refractivity (Wildman–Crippen MR) is 90.5 cm³/mol. The average molecular weight is 327 g/mol. The van der Waals surface area contributed by atoms with Gasteiger partial charge < -0.3 is 10.0 Å². The summed E-state index contributed by atoms with van der Waals surface area (Å²) in [5.74, 6) is -0.964. The number of amides is 1. The summed E-state index contributed by atoms with van der Waals surface area (Å²) in [6.45, 7) is 0. The Morgan fingerprint density at radius 3 is 2.46 bits per heavy atom. The van der Waals surface area contributed by atoms with E-state index in [1.54, 1.807) is 0 Å². The highest BCUT2D eigenvalue weighted by atomic mass is 16.4. The molecule has 0 heterocycles. The molecular formula is C20H25NO3. The molecule has 4 heteroatoms. The van der Waals surface area contributed by atoms with Crippen molar-refractivity contribution in [3.63, 3.8) is 0 Å². The number of carbonyl (C=O) groups excluding carboxylic acids is 1. The summed E-state index contributed by atoms with van der Waals surface area (Å²) in [6.07, 6.45) is 7.35. The number of fused-ring (bicyclic) bond motifs is 1. The molecule has 3 atom stereocenters. The third-order valence-electron chi connectivity index (χ3n) is 6.00. The van der Waals surface area contributed by atoms with Gasteiger partial charge in [0.1, 0.15) is 0 Å². The fraction of sp³-hybridized carbons (Fsp3) is 0.600. The minimum Gasteiger partial charge on any atom is -0.481 e. The molecule has 3 aliphatic carbocycles. The molecule has 1 aromatic carbocycles. The number of nitrogens with zero attached hydrogens (tertiary/aromatic N) is 1. The predicted octanol–water partition coefficient (Wildman–Crippen LogP) is 3.56. The standard InChI is InChI=1S/C20H25NO3/c22-19(14-8-9-15(12-14)20(23)24)21(16-10-11-16)18-7-3-5-13-4-1-2-6-17(13)18/h1-2,4,6,14-16,18H,3,5,7-12H2,(H,23,24)/t14-,15+,18?/m0/s1. The van der Waals surface area contributed by atoms with E-state index in [2.05, 4.69) is 29.2 Å². The number of hydrogen-bond donors (Lipinski definition) is 1. The van der Waals surface area contributed by atoms with Crippen LogP contribution >= 0.6 is 0 Å². The van der Waals surface area contributed by atoms with E-state index in [-0.39, 0.29) is 23.8 Å². The van der Waals surface area contributed by atoms with Crippen molar-refractivity contribution in [2.24, 2.45) is 11.8 Å².